The van der Waals surface area contributed by atoms with Gasteiger partial charge in [0.05, 0.1) is 5.69 Å². The lowest BCUT2D eigenvalue weighted by atomic mass is 10.1. The summed E-state index contributed by atoms with van der Waals surface area (Å²) in [6, 6.07) is 13.4. The SMILES string of the molecule is CC1Oc2ccccc2N(CC(=O)NCCc2cccc(F)c2)C1=O. The molecule has 2 amide bonds. The van der Waals surface area contributed by atoms with Gasteiger partial charge >= 0.3 is 0 Å². The van der Waals surface area contributed by atoms with E-state index in [0.29, 0.717) is 24.4 Å². The second kappa shape index (κ2) is 7.34. The van der Waals surface area contributed by atoms with Crippen molar-refractivity contribution in [3.8, 4) is 5.75 Å². The lowest BCUT2D eigenvalue weighted by Crippen LogP contribution is -2.49. The lowest BCUT2D eigenvalue weighted by molar-refractivity contribution is -0.128. The van der Waals surface area contributed by atoms with E-state index in [4.69, 9.17) is 4.74 Å². The van der Waals surface area contributed by atoms with E-state index >= 15 is 0 Å². The zero-order valence-electron chi connectivity index (χ0n) is 13.9. The van der Waals surface area contributed by atoms with Gasteiger partial charge in [-0.3, -0.25) is 14.5 Å². The second-order valence-corrected chi connectivity index (χ2v) is 5.88. The predicted octanol–water partition coefficient (Wildman–Crippen LogP) is 2.30. The number of nitrogens with one attached hydrogen (secondary N) is 1. The molecule has 1 N–H and O–H groups in total. The fourth-order valence-corrected chi connectivity index (χ4v) is 2.76. The minimum Gasteiger partial charge on any atom is -0.479 e. The summed E-state index contributed by atoms with van der Waals surface area (Å²) < 4.78 is 18.7. The number of rotatable bonds is 5. The maximum Gasteiger partial charge on any atom is 0.268 e. The predicted molar refractivity (Wildman–Crippen MR) is 92.0 cm³/mol. The van der Waals surface area contributed by atoms with E-state index in [1.54, 1.807) is 37.3 Å². The van der Waals surface area contributed by atoms with Crippen LogP contribution in [-0.4, -0.2) is 31.0 Å². The number of halogens is 1. The average molecular weight is 342 g/mol. The van der Waals surface area contributed by atoms with Crippen LogP contribution in [0.4, 0.5) is 10.1 Å². The average Bonchev–Trinajstić information content (AvgIpc) is 2.59. The highest BCUT2D eigenvalue weighted by molar-refractivity contribution is 6.03. The molecule has 0 saturated heterocycles. The van der Waals surface area contributed by atoms with E-state index in [2.05, 4.69) is 5.32 Å². The van der Waals surface area contributed by atoms with Gasteiger partial charge in [-0.05, 0) is 43.2 Å². The van der Waals surface area contributed by atoms with Gasteiger partial charge < -0.3 is 10.1 Å². The van der Waals surface area contributed by atoms with E-state index in [9.17, 15) is 14.0 Å². The zero-order chi connectivity index (χ0) is 17.8. The van der Waals surface area contributed by atoms with Gasteiger partial charge in [0.25, 0.3) is 5.91 Å². The molecule has 130 valence electrons. The maximum atomic E-state index is 13.1. The first-order valence-corrected chi connectivity index (χ1v) is 8.13. The van der Waals surface area contributed by atoms with Crippen LogP contribution in [-0.2, 0) is 16.0 Å². The van der Waals surface area contributed by atoms with Crippen molar-refractivity contribution in [2.75, 3.05) is 18.0 Å². The number of benzene rings is 2. The number of carbonyl (C=O) groups excluding carboxylic acids is 2. The van der Waals surface area contributed by atoms with Gasteiger partial charge in [-0.25, -0.2) is 4.39 Å². The summed E-state index contributed by atoms with van der Waals surface area (Å²) in [6.07, 6.45) is -0.108. The summed E-state index contributed by atoms with van der Waals surface area (Å²) in [5.41, 5.74) is 1.40. The largest absolute Gasteiger partial charge is 0.479 e. The number of amides is 2. The molecule has 0 aromatic heterocycles. The van der Waals surface area contributed by atoms with Crippen LogP contribution >= 0.6 is 0 Å². The summed E-state index contributed by atoms with van der Waals surface area (Å²) in [6.45, 7) is 1.96. The Morgan fingerprint density at radius 2 is 2.04 bits per heavy atom. The van der Waals surface area contributed by atoms with Gasteiger partial charge in [0.2, 0.25) is 5.91 Å². The first-order chi connectivity index (χ1) is 12.0. The van der Waals surface area contributed by atoms with Crippen LogP contribution in [0.15, 0.2) is 48.5 Å². The number of anilines is 1. The molecule has 2 aromatic rings. The van der Waals surface area contributed by atoms with Crippen molar-refractivity contribution in [3.63, 3.8) is 0 Å². The van der Waals surface area contributed by atoms with Gasteiger partial charge in [-0.15, -0.1) is 0 Å². The lowest BCUT2D eigenvalue weighted by Gasteiger charge is -2.32. The summed E-state index contributed by atoms with van der Waals surface area (Å²) in [5.74, 6) is -0.233. The molecule has 5 nitrogen and oxygen atoms in total. The summed E-state index contributed by atoms with van der Waals surface area (Å²) in [4.78, 5) is 26.0. The molecule has 1 heterocycles. The van der Waals surface area contributed by atoms with E-state index in [1.807, 2.05) is 6.07 Å². The molecule has 0 bridgehead atoms. The Morgan fingerprint density at radius 3 is 2.84 bits per heavy atom. The monoisotopic (exact) mass is 342 g/mol. The van der Waals surface area contributed by atoms with E-state index in [0.717, 1.165) is 5.56 Å². The van der Waals surface area contributed by atoms with Gasteiger partial charge in [0, 0.05) is 6.54 Å². The third-order valence-corrected chi connectivity index (χ3v) is 4.00. The number of hydrogen-bond donors (Lipinski definition) is 1. The Morgan fingerprint density at radius 1 is 1.24 bits per heavy atom. The number of ether oxygens (including phenoxy) is 1. The van der Waals surface area contributed by atoms with E-state index in [-0.39, 0.29) is 24.2 Å². The summed E-state index contributed by atoms with van der Waals surface area (Å²) >= 11 is 0. The fourth-order valence-electron chi connectivity index (χ4n) is 2.76. The van der Waals surface area contributed by atoms with Crippen molar-refractivity contribution < 1.29 is 18.7 Å². The van der Waals surface area contributed by atoms with Crippen LogP contribution in [0.1, 0.15) is 12.5 Å². The van der Waals surface area contributed by atoms with Crippen LogP contribution in [0.25, 0.3) is 0 Å². The molecule has 1 aliphatic heterocycles. The highest BCUT2D eigenvalue weighted by Gasteiger charge is 2.32. The van der Waals surface area contributed by atoms with Crippen LogP contribution < -0.4 is 15.0 Å². The van der Waals surface area contributed by atoms with Crippen LogP contribution in [0, 0.1) is 5.82 Å². The van der Waals surface area contributed by atoms with E-state index in [1.165, 1.54) is 17.0 Å². The second-order valence-electron chi connectivity index (χ2n) is 5.88. The molecule has 0 saturated carbocycles. The van der Waals surface area contributed by atoms with Gasteiger partial charge in [-0.2, -0.15) is 0 Å². The molecule has 25 heavy (non-hydrogen) atoms. The third-order valence-electron chi connectivity index (χ3n) is 4.00. The van der Waals surface area contributed by atoms with Crippen LogP contribution in [0.2, 0.25) is 0 Å². The molecule has 0 radical (unpaired) electrons. The van der Waals surface area contributed by atoms with Gasteiger partial charge in [0.1, 0.15) is 18.1 Å². The zero-order valence-corrected chi connectivity index (χ0v) is 13.9. The van der Waals surface area contributed by atoms with Crippen LogP contribution in [0.5, 0.6) is 5.75 Å². The molecule has 6 heteroatoms. The number of para-hydroxylation sites is 2. The first-order valence-electron chi connectivity index (χ1n) is 8.13. The Bertz CT molecular complexity index is 794. The summed E-state index contributed by atoms with van der Waals surface area (Å²) in [5, 5.41) is 2.77. The molecule has 0 fully saturated rings. The minimum absolute atomic E-state index is 0.0767. The standard InChI is InChI=1S/C19H19FN2O3/c1-13-19(24)22(16-7-2-3-8-17(16)25-13)12-18(23)21-10-9-14-5-4-6-15(20)11-14/h2-8,11,13H,9-10,12H2,1H3,(H,21,23). The normalized spacial score (nSPS) is 16.2. The number of hydrogen-bond acceptors (Lipinski definition) is 3. The van der Waals surface area contributed by atoms with Crippen molar-refractivity contribution in [1.82, 2.24) is 5.32 Å². The third kappa shape index (κ3) is 3.96. The van der Waals surface area contributed by atoms with Gasteiger partial charge in [-0.1, -0.05) is 24.3 Å². The highest BCUT2D eigenvalue weighted by atomic mass is 19.1. The molecule has 3 rings (SSSR count). The van der Waals surface area contributed by atoms with Crippen LogP contribution in [0.3, 0.4) is 0 Å². The topological polar surface area (TPSA) is 58.6 Å². The molecule has 0 aliphatic carbocycles. The highest BCUT2D eigenvalue weighted by Crippen LogP contribution is 2.33. The smallest absolute Gasteiger partial charge is 0.268 e. The maximum absolute atomic E-state index is 13.1. The Kier molecular flexibility index (Phi) is 4.97. The summed E-state index contributed by atoms with van der Waals surface area (Å²) in [7, 11) is 0. The molecular weight excluding hydrogens is 323 g/mol. The molecule has 0 spiro atoms. The Hall–Kier alpha value is -2.89. The Balaban J connectivity index is 1.59. The first kappa shape index (κ1) is 17.0. The van der Waals surface area contributed by atoms with Crippen molar-refractivity contribution >= 4 is 17.5 Å². The van der Waals surface area contributed by atoms with Crippen molar-refractivity contribution in [3.05, 3.63) is 59.9 Å². The number of carbonyl (C=O) groups is 2. The molecule has 1 atom stereocenters. The van der Waals surface area contributed by atoms with Gasteiger partial charge in [0.15, 0.2) is 6.10 Å². The van der Waals surface area contributed by atoms with Crippen molar-refractivity contribution in [1.29, 1.82) is 0 Å². The number of nitrogens with zero attached hydrogens (tertiary/aromatic N) is 1. The molecule has 1 unspecified atom stereocenters. The molecule has 1 aliphatic rings. The fraction of sp³-hybridized carbons (Fsp3) is 0.263. The Labute approximate surface area is 145 Å². The van der Waals surface area contributed by atoms with Crippen molar-refractivity contribution in [2.24, 2.45) is 0 Å². The minimum atomic E-state index is -0.630. The molecular formula is C19H19FN2O3. The van der Waals surface area contributed by atoms with E-state index < -0.39 is 6.10 Å². The molecule has 2 aromatic carbocycles. The number of fused-ring (bicyclic) bond motifs is 1. The van der Waals surface area contributed by atoms with Crippen molar-refractivity contribution in [2.45, 2.75) is 19.4 Å². The quantitative estimate of drug-likeness (QED) is 0.907.